The second-order valence-electron chi connectivity index (χ2n) is 5.70. The minimum atomic E-state index is -1.10. The molecule has 9 heteroatoms. The highest BCUT2D eigenvalue weighted by molar-refractivity contribution is 6.33. The molecule has 8 nitrogen and oxygen atoms in total. The number of aromatic amines is 1. The van der Waals surface area contributed by atoms with Crippen molar-refractivity contribution in [2.75, 3.05) is 5.43 Å². The number of carboxylic acids is 1. The molecule has 1 aromatic heterocycles. The van der Waals surface area contributed by atoms with Crippen molar-refractivity contribution in [3.05, 3.63) is 69.2 Å². The quantitative estimate of drug-likeness (QED) is 0.482. The van der Waals surface area contributed by atoms with Crippen LogP contribution < -0.4 is 16.4 Å². The molecule has 0 spiro atoms. The van der Waals surface area contributed by atoms with E-state index in [0.29, 0.717) is 16.7 Å². The van der Waals surface area contributed by atoms with E-state index in [4.69, 9.17) is 16.7 Å². The van der Waals surface area contributed by atoms with Crippen molar-refractivity contribution in [2.24, 2.45) is 0 Å². The molecule has 0 bridgehead atoms. The van der Waals surface area contributed by atoms with Gasteiger partial charge in [-0.3, -0.25) is 20.4 Å². The van der Waals surface area contributed by atoms with Gasteiger partial charge in [0.05, 0.1) is 27.2 Å². The van der Waals surface area contributed by atoms with Gasteiger partial charge in [-0.1, -0.05) is 23.7 Å². The van der Waals surface area contributed by atoms with Gasteiger partial charge in [-0.05, 0) is 30.3 Å². The molecular formula is C18H15ClN4O4. The summed E-state index contributed by atoms with van der Waals surface area (Å²) in [5, 5.41) is 9.74. The maximum Gasteiger partial charge on any atom is 0.335 e. The molecule has 0 radical (unpaired) electrons. The van der Waals surface area contributed by atoms with Gasteiger partial charge < -0.3 is 10.1 Å². The molecule has 0 saturated carbocycles. The number of H-pyrrole nitrogens is 1. The summed E-state index contributed by atoms with van der Waals surface area (Å²) in [4.78, 5) is 42.0. The normalized spacial score (nSPS) is 10.6. The number of carbonyl (C=O) groups is 2. The van der Waals surface area contributed by atoms with Gasteiger partial charge >= 0.3 is 5.97 Å². The highest BCUT2D eigenvalue weighted by atomic mass is 35.5. The summed E-state index contributed by atoms with van der Waals surface area (Å²) in [6, 6.07) is 11.0. The zero-order valence-electron chi connectivity index (χ0n) is 14.0. The average molecular weight is 387 g/mol. The fourth-order valence-corrected chi connectivity index (χ4v) is 2.60. The monoisotopic (exact) mass is 386 g/mol. The summed E-state index contributed by atoms with van der Waals surface area (Å²) in [6.07, 6.45) is 0.293. The number of aryl methyl sites for hydroxylation is 1. The van der Waals surface area contributed by atoms with Gasteiger partial charge in [0, 0.05) is 12.8 Å². The van der Waals surface area contributed by atoms with Crippen LogP contribution in [0.1, 0.15) is 22.6 Å². The Hall–Kier alpha value is -3.39. The third kappa shape index (κ3) is 4.42. The molecule has 1 heterocycles. The van der Waals surface area contributed by atoms with Gasteiger partial charge in [-0.25, -0.2) is 9.78 Å². The molecule has 3 aromatic rings. The van der Waals surface area contributed by atoms with Crippen LogP contribution in [-0.2, 0) is 11.2 Å². The molecule has 1 amide bonds. The first-order chi connectivity index (χ1) is 12.9. The van der Waals surface area contributed by atoms with Gasteiger partial charge in [0.25, 0.3) is 5.56 Å². The van der Waals surface area contributed by atoms with Crippen LogP contribution in [0.15, 0.2) is 47.3 Å². The molecule has 2 aromatic carbocycles. The molecule has 0 aliphatic rings. The highest BCUT2D eigenvalue weighted by Gasteiger charge is 2.10. The predicted molar refractivity (Wildman–Crippen MR) is 101 cm³/mol. The predicted octanol–water partition coefficient (Wildman–Crippen LogP) is 2.35. The van der Waals surface area contributed by atoms with E-state index >= 15 is 0 Å². The number of fused-ring (bicyclic) bond motifs is 1. The molecule has 27 heavy (non-hydrogen) atoms. The zero-order valence-corrected chi connectivity index (χ0v) is 14.7. The fourth-order valence-electron chi connectivity index (χ4n) is 2.44. The Morgan fingerprint density at radius 1 is 1.19 bits per heavy atom. The van der Waals surface area contributed by atoms with Crippen LogP contribution >= 0.6 is 11.6 Å². The Kier molecular flexibility index (Phi) is 5.37. The maximum atomic E-state index is 12.0. The van der Waals surface area contributed by atoms with E-state index in [1.54, 1.807) is 24.3 Å². The van der Waals surface area contributed by atoms with E-state index in [0.717, 1.165) is 0 Å². The number of halogens is 1. The molecule has 0 fully saturated rings. The van der Waals surface area contributed by atoms with Crippen molar-refractivity contribution in [3.63, 3.8) is 0 Å². The Bertz CT molecular complexity index is 1080. The zero-order chi connectivity index (χ0) is 19.4. The third-order valence-electron chi connectivity index (χ3n) is 3.80. The highest BCUT2D eigenvalue weighted by Crippen LogP contribution is 2.22. The molecule has 0 atom stereocenters. The number of para-hydroxylation sites is 1. The fraction of sp³-hybridized carbons (Fsp3) is 0.111. The van der Waals surface area contributed by atoms with Crippen molar-refractivity contribution in [3.8, 4) is 0 Å². The first-order valence-electron chi connectivity index (χ1n) is 7.99. The number of benzene rings is 2. The van der Waals surface area contributed by atoms with Crippen LogP contribution in [0.4, 0.5) is 5.69 Å². The summed E-state index contributed by atoms with van der Waals surface area (Å²) in [5.41, 5.74) is 5.65. The molecule has 138 valence electrons. The van der Waals surface area contributed by atoms with E-state index in [-0.39, 0.29) is 40.6 Å². The van der Waals surface area contributed by atoms with Crippen LogP contribution in [0.25, 0.3) is 10.9 Å². The summed E-state index contributed by atoms with van der Waals surface area (Å²) in [6.45, 7) is 0. The molecular weight excluding hydrogens is 372 g/mol. The molecule has 0 saturated heterocycles. The van der Waals surface area contributed by atoms with Gasteiger partial charge in [0.1, 0.15) is 5.82 Å². The van der Waals surface area contributed by atoms with Crippen LogP contribution in [0.5, 0.6) is 0 Å². The second kappa shape index (κ2) is 7.88. The van der Waals surface area contributed by atoms with Crippen molar-refractivity contribution >= 4 is 40.1 Å². The molecule has 0 aliphatic carbocycles. The van der Waals surface area contributed by atoms with Crippen molar-refractivity contribution in [1.82, 2.24) is 15.4 Å². The number of carboxylic acid groups (broad SMARTS) is 1. The number of hydrogen-bond acceptors (Lipinski definition) is 5. The lowest BCUT2D eigenvalue weighted by atomic mass is 10.2. The second-order valence-corrected chi connectivity index (χ2v) is 6.11. The maximum absolute atomic E-state index is 12.0. The molecule has 0 aliphatic heterocycles. The topological polar surface area (TPSA) is 124 Å². The Morgan fingerprint density at radius 2 is 1.96 bits per heavy atom. The first-order valence-corrected chi connectivity index (χ1v) is 8.37. The SMILES string of the molecule is O=C(CCc1nc2ccccc2c(=O)[nH]1)NNc1cc(C(=O)O)ccc1Cl. The van der Waals surface area contributed by atoms with Crippen LogP contribution in [0.3, 0.4) is 0 Å². The first kappa shape index (κ1) is 18.4. The Labute approximate surface area is 158 Å². The number of nitrogens with one attached hydrogen (secondary N) is 3. The lowest BCUT2D eigenvalue weighted by Gasteiger charge is -2.10. The van der Waals surface area contributed by atoms with Crippen LogP contribution in [0, 0.1) is 0 Å². The van der Waals surface area contributed by atoms with E-state index in [9.17, 15) is 14.4 Å². The molecule has 4 N–H and O–H groups in total. The number of aromatic carboxylic acids is 1. The Morgan fingerprint density at radius 3 is 2.74 bits per heavy atom. The minimum Gasteiger partial charge on any atom is -0.478 e. The van der Waals surface area contributed by atoms with Crippen molar-refractivity contribution < 1.29 is 14.7 Å². The van der Waals surface area contributed by atoms with Gasteiger partial charge in [0.15, 0.2) is 0 Å². The summed E-state index contributed by atoms with van der Waals surface area (Å²) in [5.74, 6) is -1.07. The lowest BCUT2D eigenvalue weighted by molar-refractivity contribution is -0.120. The number of aromatic nitrogens is 2. The van der Waals surface area contributed by atoms with Gasteiger partial charge in [0.2, 0.25) is 5.91 Å². The standard InChI is InChI=1S/C18H15ClN4O4/c19-12-6-5-10(18(26)27)9-14(12)22-23-16(24)8-7-15-20-13-4-2-1-3-11(13)17(25)21-15/h1-6,9,22H,7-8H2,(H,23,24)(H,26,27)(H,20,21,25). The minimum absolute atomic E-state index is 0.0362. The number of hydrogen-bond donors (Lipinski definition) is 4. The number of carbonyl (C=O) groups excluding carboxylic acids is 1. The number of nitrogens with zero attached hydrogens (tertiary/aromatic N) is 1. The smallest absolute Gasteiger partial charge is 0.335 e. The lowest BCUT2D eigenvalue weighted by Crippen LogP contribution is -2.30. The average Bonchev–Trinajstić information content (AvgIpc) is 2.65. The largest absolute Gasteiger partial charge is 0.478 e. The van der Waals surface area contributed by atoms with Crippen molar-refractivity contribution in [1.29, 1.82) is 0 Å². The van der Waals surface area contributed by atoms with Gasteiger partial charge in [-0.15, -0.1) is 0 Å². The Balaban J connectivity index is 1.61. The van der Waals surface area contributed by atoms with Gasteiger partial charge in [-0.2, -0.15) is 0 Å². The number of anilines is 1. The third-order valence-corrected chi connectivity index (χ3v) is 4.13. The number of amides is 1. The van der Waals surface area contributed by atoms with Crippen molar-refractivity contribution in [2.45, 2.75) is 12.8 Å². The van der Waals surface area contributed by atoms with E-state index in [1.165, 1.54) is 18.2 Å². The number of rotatable bonds is 6. The van der Waals surface area contributed by atoms with E-state index in [2.05, 4.69) is 20.8 Å². The van der Waals surface area contributed by atoms with Crippen LogP contribution in [0.2, 0.25) is 5.02 Å². The van der Waals surface area contributed by atoms with Crippen LogP contribution in [-0.4, -0.2) is 27.0 Å². The van der Waals surface area contributed by atoms with E-state index < -0.39 is 5.97 Å². The van der Waals surface area contributed by atoms with E-state index in [1.807, 2.05) is 0 Å². The molecule has 3 rings (SSSR count). The summed E-state index contributed by atoms with van der Waals surface area (Å²) < 4.78 is 0. The summed E-state index contributed by atoms with van der Waals surface area (Å²) in [7, 11) is 0. The number of hydrazine groups is 1. The molecule has 0 unspecified atom stereocenters. The summed E-state index contributed by atoms with van der Waals surface area (Å²) >= 11 is 5.97.